The second kappa shape index (κ2) is 6.57. The van der Waals surface area contributed by atoms with Gasteiger partial charge in [0.25, 0.3) is 5.91 Å². The van der Waals surface area contributed by atoms with E-state index in [1.807, 2.05) is 24.0 Å². The van der Waals surface area contributed by atoms with Crippen LogP contribution in [0.1, 0.15) is 47.7 Å². The van der Waals surface area contributed by atoms with Crippen LogP contribution >= 0.6 is 0 Å². The monoisotopic (exact) mass is 287 g/mol. The van der Waals surface area contributed by atoms with Crippen molar-refractivity contribution in [3.63, 3.8) is 0 Å². The first-order valence-corrected chi connectivity index (χ1v) is 7.35. The highest BCUT2D eigenvalue weighted by molar-refractivity contribution is 5.95. The summed E-state index contributed by atoms with van der Waals surface area (Å²) in [5.41, 5.74) is 2.34. The maximum atomic E-state index is 12.6. The van der Waals surface area contributed by atoms with E-state index in [0.717, 1.165) is 43.0 Å². The zero-order valence-corrected chi connectivity index (χ0v) is 12.5. The summed E-state index contributed by atoms with van der Waals surface area (Å²) in [5, 5.41) is 8.70. The van der Waals surface area contributed by atoms with E-state index in [1.54, 1.807) is 6.07 Å². The highest BCUT2D eigenvalue weighted by Gasteiger charge is 2.28. The lowest BCUT2D eigenvalue weighted by Crippen LogP contribution is -2.35. The van der Waals surface area contributed by atoms with Crippen molar-refractivity contribution in [3.8, 4) is 0 Å². The van der Waals surface area contributed by atoms with Gasteiger partial charge in [-0.2, -0.15) is 0 Å². The Morgan fingerprint density at radius 2 is 2.14 bits per heavy atom. The maximum absolute atomic E-state index is 12.6. The van der Waals surface area contributed by atoms with Gasteiger partial charge in [0.15, 0.2) is 0 Å². The quantitative estimate of drug-likeness (QED) is 0.866. The fourth-order valence-electron chi connectivity index (χ4n) is 2.89. The number of carboxylic acids is 1. The molecule has 1 aliphatic heterocycles. The number of amides is 1. The molecule has 4 heteroatoms. The Labute approximate surface area is 125 Å². The van der Waals surface area contributed by atoms with Crippen LogP contribution in [0.25, 0.3) is 6.08 Å². The molecule has 4 nitrogen and oxygen atoms in total. The van der Waals surface area contributed by atoms with E-state index in [-0.39, 0.29) is 5.91 Å². The van der Waals surface area contributed by atoms with E-state index in [4.69, 9.17) is 5.11 Å². The van der Waals surface area contributed by atoms with E-state index in [2.05, 4.69) is 6.92 Å². The molecule has 1 aromatic carbocycles. The van der Waals surface area contributed by atoms with Crippen molar-refractivity contribution in [2.24, 2.45) is 0 Å². The fourth-order valence-corrected chi connectivity index (χ4v) is 2.89. The molecule has 0 bridgehead atoms. The minimum atomic E-state index is -0.991. The molecule has 1 fully saturated rings. The van der Waals surface area contributed by atoms with Gasteiger partial charge in [0.05, 0.1) is 0 Å². The number of benzene rings is 1. The molecule has 0 aliphatic carbocycles. The molecule has 0 spiro atoms. The van der Waals surface area contributed by atoms with Crippen molar-refractivity contribution in [1.29, 1.82) is 0 Å². The van der Waals surface area contributed by atoms with Crippen LogP contribution in [-0.2, 0) is 4.79 Å². The largest absolute Gasteiger partial charge is 0.478 e. The average Bonchev–Trinajstić information content (AvgIpc) is 2.92. The van der Waals surface area contributed by atoms with Crippen molar-refractivity contribution in [2.75, 3.05) is 6.54 Å². The van der Waals surface area contributed by atoms with Gasteiger partial charge in [0.1, 0.15) is 0 Å². The molecule has 0 radical (unpaired) electrons. The summed E-state index contributed by atoms with van der Waals surface area (Å²) in [7, 11) is 0. The van der Waals surface area contributed by atoms with Crippen LogP contribution in [0.3, 0.4) is 0 Å². The topological polar surface area (TPSA) is 57.6 Å². The first-order valence-electron chi connectivity index (χ1n) is 7.35. The normalized spacial score (nSPS) is 18.4. The number of hydrogen-bond acceptors (Lipinski definition) is 2. The summed E-state index contributed by atoms with van der Waals surface area (Å²) in [5.74, 6) is -0.942. The zero-order valence-electron chi connectivity index (χ0n) is 12.5. The van der Waals surface area contributed by atoms with Gasteiger partial charge in [0, 0.05) is 24.2 Å². The summed E-state index contributed by atoms with van der Waals surface area (Å²) in [6.45, 7) is 4.83. The van der Waals surface area contributed by atoms with Crippen molar-refractivity contribution >= 4 is 18.0 Å². The standard InChI is InChI=1S/C17H21NO3/c1-3-15-5-4-8-18(15)17(21)14-10-12(2)9-13(11-14)6-7-16(19)20/h6-7,9-11,15H,3-5,8H2,1-2H3,(H,19,20)/b7-6+. The number of carbonyl (C=O) groups is 2. The van der Waals surface area contributed by atoms with Crippen LogP contribution < -0.4 is 0 Å². The average molecular weight is 287 g/mol. The Morgan fingerprint density at radius 3 is 2.81 bits per heavy atom. The Balaban J connectivity index is 2.26. The molecular weight excluding hydrogens is 266 g/mol. The summed E-state index contributed by atoms with van der Waals surface area (Å²) < 4.78 is 0. The van der Waals surface area contributed by atoms with Crippen molar-refractivity contribution in [1.82, 2.24) is 4.90 Å². The van der Waals surface area contributed by atoms with E-state index in [9.17, 15) is 9.59 Å². The third-order valence-electron chi connectivity index (χ3n) is 3.87. The number of aryl methyl sites for hydroxylation is 1. The molecule has 112 valence electrons. The number of likely N-dealkylation sites (tertiary alicyclic amines) is 1. The number of aliphatic carboxylic acids is 1. The fraction of sp³-hybridized carbons (Fsp3) is 0.412. The van der Waals surface area contributed by atoms with E-state index in [0.29, 0.717) is 11.6 Å². The molecular formula is C17H21NO3. The summed E-state index contributed by atoms with van der Waals surface area (Å²) >= 11 is 0. The van der Waals surface area contributed by atoms with Crippen molar-refractivity contribution < 1.29 is 14.7 Å². The molecule has 0 aromatic heterocycles. The number of hydrogen-bond donors (Lipinski definition) is 1. The smallest absolute Gasteiger partial charge is 0.328 e. The minimum absolute atomic E-state index is 0.0491. The van der Waals surface area contributed by atoms with Gasteiger partial charge >= 0.3 is 5.97 Å². The van der Waals surface area contributed by atoms with E-state index in [1.165, 1.54) is 6.08 Å². The predicted octanol–water partition coefficient (Wildman–Crippen LogP) is 3.11. The third kappa shape index (κ3) is 3.72. The maximum Gasteiger partial charge on any atom is 0.328 e. The zero-order chi connectivity index (χ0) is 15.4. The Morgan fingerprint density at radius 1 is 1.38 bits per heavy atom. The molecule has 2 rings (SSSR count). The van der Waals surface area contributed by atoms with Gasteiger partial charge in [-0.3, -0.25) is 4.79 Å². The van der Waals surface area contributed by atoms with Gasteiger partial charge in [0.2, 0.25) is 0 Å². The summed E-state index contributed by atoms with van der Waals surface area (Å²) in [6, 6.07) is 5.83. The van der Waals surface area contributed by atoms with Crippen LogP contribution in [0.15, 0.2) is 24.3 Å². The van der Waals surface area contributed by atoms with Crippen LogP contribution in [0.4, 0.5) is 0 Å². The van der Waals surface area contributed by atoms with Gasteiger partial charge in [-0.1, -0.05) is 13.0 Å². The Bertz CT molecular complexity index is 577. The third-order valence-corrected chi connectivity index (χ3v) is 3.87. The van der Waals surface area contributed by atoms with Gasteiger partial charge in [-0.15, -0.1) is 0 Å². The first kappa shape index (κ1) is 15.3. The summed E-state index contributed by atoms with van der Waals surface area (Å²) in [4.78, 5) is 25.2. The molecule has 1 saturated heterocycles. The predicted molar refractivity (Wildman–Crippen MR) is 82.2 cm³/mol. The SMILES string of the molecule is CCC1CCCN1C(=O)c1cc(C)cc(/C=C/C(=O)O)c1. The molecule has 1 aromatic rings. The molecule has 1 unspecified atom stereocenters. The second-order valence-electron chi connectivity index (χ2n) is 5.51. The Kier molecular flexibility index (Phi) is 4.78. The van der Waals surface area contributed by atoms with Crippen LogP contribution in [0.5, 0.6) is 0 Å². The molecule has 0 saturated carbocycles. The molecule has 1 aliphatic rings. The highest BCUT2D eigenvalue weighted by atomic mass is 16.4. The van der Waals surface area contributed by atoms with Gasteiger partial charge in [-0.05, 0) is 55.5 Å². The molecule has 1 amide bonds. The lowest BCUT2D eigenvalue weighted by Gasteiger charge is -2.24. The van der Waals surface area contributed by atoms with E-state index < -0.39 is 5.97 Å². The van der Waals surface area contributed by atoms with Crippen molar-refractivity contribution in [3.05, 3.63) is 41.0 Å². The Hall–Kier alpha value is -2.10. The molecule has 1 N–H and O–H groups in total. The van der Waals surface area contributed by atoms with Crippen LogP contribution in [0.2, 0.25) is 0 Å². The van der Waals surface area contributed by atoms with Gasteiger partial charge in [-0.25, -0.2) is 4.79 Å². The number of carboxylic acid groups (broad SMARTS) is 1. The second-order valence-corrected chi connectivity index (χ2v) is 5.51. The lowest BCUT2D eigenvalue weighted by molar-refractivity contribution is -0.131. The molecule has 21 heavy (non-hydrogen) atoms. The number of rotatable bonds is 4. The van der Waals surface area contributed by atoms with Gasteiger partial charge < -0.3 is 10.0 Å². The number of carbonyl (C=O) groups excluding carboxylic acids is 1. The molecule has 1 heterocycles. The lowest BCUT2D eigenvalue weighted by atomic mass is 10.0. The summed E-state index contributed by atoms with van der Waals surface area (Å²) in [6.07, 6.45) is 5.71. The number of nitrogens with zero attached hydrogens (tertiary/aromatic N) is 1. The van der Waals surface area contributed by atoms with Crippen LogP contribution in [0, 0.1) is 6.92 Å². The van der Waals surface area contributed by atoms with Crippen molar-refractivity contribution in [2.45, 2.75) is 39.2 Å². The molecule has 1 atom stereocenters. The van der Waals surface area contributed by atoms with Crippen LogP contribution in [-0.4, -0.2) is 34.5 Å². The highest BCUT2D eigenvalue weighted by Crippen LogP contribution is 2.23. The minimum Gasteiger partial charge on any atom is -0.478 e. The first-order chi connectivity index (χ1) is 10.0. The van der Waals surface area contributed by atoms with E-state index >= 15 is 0 Å².